The average Bonchev–Trinajstić information content (AvgIpc) is 3.37. The number of benzene rings is 3. The van der Waals surface area contributed by atoms with Gasteiger partial charge in [0.15, 0.2) is 0 Å². The van der Waals surface area contributed by atoms with Crippen molar-refractivity contribution in [3.8, 4) is 6.07 Å². The van der Waals surface area contributed by atoms with E-state index in [1.54, 1.807) is 6.20 Å². The van der Waals surface area contributed by atoms with E-state index < -0.39 is 0 Å². The van der Waals surface area contributed by atoms with Crippen LogP contribution in [-0.2, 0) is 13.0 Å². The normalized spacial score (nSPS) is 13.7. The number of hydrogen-bond acceptors (Lipinski definition) is 3. The van der Waals surface area contributed by atoms with Gasteiger partial charge in [-0.05, 0) is 54.3 Å². The summed E-state index contributed by atoms with van der Waals surface area (Å²) in [7, 11) is 0. The van der Waals surface area contributed by atoms with Crippen LogP contribution in [0.25, 0.3) is 0 Å². The Hall–Kier alpha value is -3.39. The summed E-state index contributed by atoms with van der Waals surface area (Å²) < 4.78 is 1.95. The minimum atomic E-state index is 0.0723. The van der Waals surface area contributed by atoms with Crippen molar-refractivity contribution >= 4 is 11.6 Å². The quantitative estimate of drug-likeness (QED) is 0.329. The molecule has 0 saturated heterocycles. The molecule has 1 unspecified atom stereocenters. The van der Waals surface area contributed by atoms with Crippen molar-refractivity contribution < 1.29 is 0 Å². The first-order valence-electron chi connectivity index (χ1n) is 11.2. The fraction of sp³-hybridized carbons (Fsp3) is 0.214. The van der Waals surface area contributed by atoms with E-state index >= 15 is 0 Å². The number of nitriles is 1. The molecule has 1 N–H and O–H groups in total. The van der Waals surface area contributed by atoms with Crippen LogP contribution in [0.1, 0.15) is 41.1 Å². The zero-order chi connectivity index (χ0) is 23.0. The van der Waals surface area contributed by atoms with Gasteiger partial charge in [0, 0.05) is 29.4 Å². The first-order chi connectivity index (χ1) is 16.1. The van der Waals surface area contributed by atoms with E-state index in [0.29, 0.717) is 5.56 Å². The number of aromatic nitrogens is 2. The van der Waals surface area contributed by atoms with Crippen LogP contribution in [0.3, 0.4) is 0 Å². The van der Waals surface area contributed by atoms with E-state index in [2.05, 4.69) is 65.9 Å². The molecule has 0 aliphatic heterocycles. The number of halogens is 1. The molecule has 166 valence electrons. The Kier molecular flexibility index (Phi) is 7.57. The van der Waals surface area contributed by atoms with Gasteiger partial charge in [0.1, 0.15) is 0 Å². The molecule has 0 amide bonds. The van der Waals surface area contributed by atoms with Crippen molar-refractivity contribution in [2.45, 2.75) is 37.9 Å². The Labute approximate surface area is 200 Å². The maximum atomic E-state index is 9.78. The lowest BCUT2D eigenvalue weighted by molar-refractivity contribution is 0.359. The predicted octanol–water partition coefficient (Wildman–Crippen LogP) is 6.15. The summed E-state index contributed by atoms with van der Waals surface area (Å²) >= 11 is 6.12. The van der Waals surface area contributed by atoms with Crippen LogP contribution in [0.5, 0.6) is 0 Å². The molecule has 3 atom stereocenters. The highest BCUT2D eigenvalue weighted by atomic mass is 35.5. The highest BCUT2D eigenvalue weighted by Crippen LogP contribution is 2.30. The molecule has 0 bridgehead atoms. The number of nitrogens with one attached hydrogen (secondary N) is 1. The first-order valence-corrected chi connectivity index (χ1v) is 11.5. The first kappa shape index (κ1) is 22.8. The largest absolute Gasteiger partial charge is 0.305 e. The third-order valence-corrected chi connectivity index (χ3v) is 6.30. The zero-order valence-corrected chi connectivity index (χ0v) is 19.4. The molecule has 4 rings (SSSR count). The Balaban J connectivity index is 1.65. The van der Waals surface area contributed by atoms with Gasteiger partial charge >= 0.3 is 0 Å². The van der Waals surface area contributed by atoms with E-state index in [9.17, 15) is 5.26 Å². The van der Waals surface area contributed by atoms with E-state index in [1.807, 2.05) is 53.3 Å². The second-order valence-electron chi connectivity index (χ2n) is 8.28. The summed E-state index contributed by atoms with van der Waals surface area (Å²) in [6.45, 7) is 2.92. The van der Waals surface area contributed by atoms with E-state index in [-0.39, 0.29) is 18.0 Å². The van der Waals surface area contributed by atoms with E-state index in [4.69, 9.17) is 11.6 Å². The van der Waals surface area contributed by atoms with E-state index in [1.165, 1.54) is 11.1 Å². The molecule has 5 heteroatoms. The van der Waals surface area contributed by atoms with Crippen molar-refractivity contribution in [3.05, 3.63) is 125 Å². The van der Waals surface area contributed by atoms with Crippen molar-refractivity contribution in [3.63, 3.8) is 0 Å². The Morgan fingerprint density at radius 2 is 1.70 bits per heavy atom. The summed E-state index contributed by atoms with van der Waals surface area (Å²) in [5.74, 6) is 0.103. The van der Waals surface area contributed by atoms with Gasteiger partial charge in [-0.25, -0.2) is 0 Å². The minimum absolute atomic E-state index is 0.0723. The van der Waals surface area contributed by atoms with Crippen molar-refractivity contribution in [2.75, 3.05) is 0 Å². The second kappa shape index (κ2) is 11.0. The molecule has 0 aliphatic carbocycles. The van der Waals surface area contributed by atoms with Gasteiger partial charge in [0.25, 0.3) is 0 Å². The monoisotopic (exact) mass is 454 g/mol. The molecule has 1 heterocycles. The van der Waals surface area contributed by atoms with Crippen LogP contribution >= 0.6 is 11.6 Å². The molecular weight excluding hydrogens is 428 g/mol. The van der Waals surface area contributed by atoms with Crippen LogP contribution in [0.15, 0.2) is 97.3 Å². The van der Waals surface area contributed by atoms with Crippen LogP contribution in [-0.4, -0.2) is 15.8 Å². The minimum Gasteiger partial charge on any atom is -0.305 e. The summed E-state index contributed by atoms with van der Waals surface area (Å²) in [4.78, 5) is 0. The maximum absolute atomic E-state index is 9.78. The number of hydrogen-bond donors (Lipinski definition) is 1. The smallest absolute Gasteiger partial charge is 0.0994 e. The second-order valence-corrected chi connectivity index (χ2v) is 8.72. The lowest BCUT2D eigenvalue weighted by Crippen LogP contribution is -2.38. The standard InChI is InChI=1S/C28H27ClN4/c1-21(32-28(20-33-17-7-16-31-33)23-8-3-2-4-9-23)27(18-22-12-14-25(29)15-13-22)26-11-6-5-10-24(26)19-30/h2-17,21,27-28,32H,18,20H2,1H3/t21-,27+,28?/m0/s1. The third kappa shape index (κ3) is 5.90. The van der Waals surface area contributed by atoms with Gasteiger partial charge in [-0.2, -0.15) is 10.4 Å². The summed E-state index contributed by atoms with van der Waals surface area (Å²) in [6, 6.07) is 30.8. The van der Waals surface area contributed by atoms with Crippen molar-refractivity contribution in [1.29, 1.82) is 5.26 Å². The highest BCUT2D eigenvalue weighted by molar-refractivity contribution is 6.30. The molecule has 1 aromatic heterocycles. The molecule has 0 fully saturated rings. The molecule has 0 saturated carbocycles. The third-order valence-electron chi connectivity index (χ3n) is 6.05. The Bertz CT molecular complexity index is 1180. The van der Waals surface area contributed by atoms with Crippen LogP contribution in [0.4, 0.5) is 0 Å². The highest BCUT2D eigenvalue weighted by Gasteiger charge is 2.25. The Morgan fingerprint density at radius 1 is 0.970 bits per heavy atom. The van der Waals surface area contributed by atoms with Gasteiger partial charge < -0.3 is 5.32 Å². The average molecular weight is 455 g/mol. The van der Waals surface area contributed by atoms with Crippen LogP contribution in [0, 0.1) is 11.3 Å². The summed E-state index contributed by atoms with van der Waals surface area (Å²) in [5.41, 5.74) is 4.17. The Morgan fingerprint density at radius 3 is 2.39 bits per heavy atom. The molecule has 4 nitrogen and oxygen atoms in total. The van der Waals surface area contributed by atoms with E-state index in [0.717, 1.165) is 23.6 Å². The van der Waals surface area contributed by atoms with Gasteiger partial charge in [-0.1, -0.05) is 72.3 Å². The lowest BCUT2D eigenvalue weighted by Gasteiger charge is -2.31. The molecule has 0 spiro atoms. The van der Waals surface area contributed by atoms with Crippen LogP contribution in [0.2, 0.25) is 5.02 Å². The predicted molar refractivity (Wildman–Crippen MR) is 133 cm³/mol. The van der Waals surface area contributed by atoms with Gasteiger partial charge in [-0.3, -0.25) is 4.68 Å². The molecule has 33 heavy (non-hydrogen) atoms. The van der Waals surface area contributed by atoms with Gasteiger partial charge in [0.2, 0.25) is 0 Å². The fourth-order valence-corrected chi connectivity index (χ4v) is 4.45. The van der Waals surface area contributed by atoms with Crippen molar-refractivity contribution in [1.82, 2.24) is 15.1 Å². The molecule has 0 radical (unpaired) electrons. The molecule has 4 aromatic rings. The number of nitrogens with zero attached hydrogens (tertiary/aromatic N) is 3. The lowest BCUT2D eigenvalue weighted by atomic mass is 9.83. The van der Waals surface area contributed by atoms with Gasteiger partial charge in [-0.15, -0.1) is 0 Å². The van der Waals surface area contributed by atoms with Crippen molar-refractivity contribution in [2.24, 2.45) is 0 Å². The maximum Gasteiger partial charge on any atom is 0.0994 e. The van der Waals surface area contributed by atoms with Crippen LogP contribution < -0.4 is 5.32 Å². The molecular formula is C28H27ClN4. The SMILES string of the molecule is C[C@H](NC(Cn1cccn1)c1ccccc1)[C@@H](Cc1ccc(Cl)cc1)c1ccccc1C#N. The topological polar surface area (TPSA) is 53.6 Å². The number of rotatable bonds is 9. The fourth-order valence-electron chi connectivity index (χ4n) is 4.32. The molecule has 3 aromatic carbocycles. The molecule has 0 aliphatic rings. The van der Waals surface area contributed by atoms with Gasteiger partial charge in [0.05, 0.1) is 24.2 Å². The summed E-state index contributed by atoms with van der Waals surface area (Å²) in [6.07, 6.45) is 4.59. The summed E-state index contributed by atoms with van der Waals surface area (Å²) in [5, 5.41) is 18.8. The zero-order valence-electron chi connectivity index (χ0n) is 18.6.